The zero-order valence-corrected chi connectivity index (χ0v) is 10.5. The fraction of sp³-hybridized carbons (Fsp3) is 0.917. The minimum Gasteiger partial charge on any atom is -0.389 e. The number of hydrogen-bond acceptors (Lipinski definition) is 3. The number of rotatable bonds is 6. The fourth-order valence-corrected chi connectivity index (χ4v) is 1.86. The molecule has 0 aromatic rings. The molecular formula is C12H23NO3. The minimum atomic E-state index is -0.830. The lowest BCUT2D eigenvalue weighted by molar-refractivity contribution is -0.125. The monoisotopic (exact) mass is 229 g/mol. The SMILES string of the molecule is CCOC1CC(CC(=O)NCC(C)(C)O)C1. The largest absolute Gasteiger partial charge is 0.389 e. The van der Waals surface area contributed by atoms with Crippen LogP contribution in [0.1, 0.15) is 40.0 Å². The highest BCUT2D eigenvalue weighted by Gasteiger charge is 2.31. The van der Waals surface area contributed by atoms with Gasteiger partial charge in [0, 0.05) is 19.6 Å². The summed E-state index contributed by atoms with van der Waals surface area (Å²) in [5.41, 5.74) is -0.830. The predicted octanol–water partition coefficient (Wildman–Crippen LogP) is 1.08. The van der Waals surface area contributed by atoms with Crippen LogP contribution in [0, 0.1) is 5.92 Å². The van der Waals surface area contributed by atoms with E-state index in [4.69, 9.17) is 4.74 Å². The van der Waals surface area contributed by atoms with Gasteiger partial charge in [0.15, 0.2) is 0 Å². The van der Waals surface area contributed by atoms with Gasteiger partial charge in [-0.25, -0.2) is 0 Å². The molecule has 4 heteroatoms. The zero-order valence-electron chi connectivity index (χ0n) is 10.5. The van der Waals surface area contributed by atoms with Crippen LogP contribution in [-0.2, 0) is 9.53 Å². The van der Waals surface area contributed by atoms with E-state index in [-0.39, 0.29) is 5.91 Å². The van der Waals surface area contributed by atoms with Gasteiger partial charge in [0.05, 0.1) is 11.7 Å². The standard InChI is InChI=1S/C12H23NO3/c1-4-16-10-5-9(6-10)7-11(14)13-8-12(2,3)15/h9-10,15H,4-8H2,1-3H3,(H,13,14). The van der Waals surface area contributed by atoms with Gasteiger partial charge < -0.3 is 15.2 Å². The third-order valence-electron chi connectivity index (χ3n) is 2.79. The van der Waals surface area contributed by atoms with Crippen LogP contribution < -0.4 is 5.32 Å². The molecule has 1 aliphatic carbocycles. The number of aliphatic hydroxyl groups is 1. The molecule has 1 aliphatic rings. The summed E-state index contributed by atoms with van der Waals surface area (Å²) < 4.78 is 5.43. The molecule has 0 spiro atoms. The van der Waals surface area contributed by atoms with Crippen molar-refractivity contribution in [2.75, 3.05) is 13.2 Å². The van der Waals surface area contributed by atoms with Gasteiger partial charge in [-0.2, -0.15) is 0 Å². The Bertz CT molecular complexity index is 229. The molecule has 1 saturated carbocycles. The molecule has 0 heterocycles. The smallest absolute Gasteiger partial charge is 0.220 e. The molecule has 0 bridgehead atoms. The van der Waals surface area contributed by atoms with E-state index in [0.717, 1.165) is 19.4 Å². The number of carbonyl (C=O) groups is 1. The van der Waals surface area contributed by atoms with Crippen molar-refractivity contribution in [3.63, 3.8) is 0 Å². The Morgan fingerprint density at radius 1 is 1.50 bits per heavy atom. The van der Waals surface area contributed by atoms with Gasteiger partial charge in [0.2, 0.25) is 5.91 Å². The van der Waals surface area contributed by atoms with Crippen molar-refractivity contribution in [1.82, 2.24) is 5.32 Å². The lowest BCUT2D eigenvalue weighted by Gasteiger charge is -2.34. The summed E-state index contributed by atoms with van der Waals surface area (Å²) >= 11 is 0. The highest BCUT2D eigenvalue weighted by atomic mass is 16.5. The number of hydrogen-bond donors (Lipinski definition) is 2. The van der Waals surface area contributed by atoms with Gasteiger partial charge >= 0.3 is 0 Å². The molecule has 0 aromatic heterocycles. The molecule has 2 N–H and O–H groups in total. The summed E-state index contributed by atoms with van der Waals surface area (Å²) in [4.78, 5) is 11.5. The maximum absolute atomic E-state index is 11.5. The molecule has 16 heavy (non-hydrogen) atoms. The number of amides is 1. The fourth-order valence-electron chi connectivity index (χ4n) is 1.86. The summed E-state index contributed by atoms with van der Waals surface area (Å²) in [5.74, 6) is 0.487. The molecule has 1 rings (SSSR count). The second-order valence-electron chi connectivity index (χ2n) is 5.21. The van der Waals surface area contributed by atoms with Crippen molar-refractivity contribution in [2.24, 2.45) is 5.92 Å². The summed E-state index contributed by atoms with van der Waals surface area (Å²) in [5, 5.41) is 12.2. The molecule has 1 fully saturated rings. The normalized spacial score (nSPS) is 25.0. The predicted molar refractivity (Wildman–Crippen MR) is 62.1 cm³/mol. The maximum atomic E-state index is 11.5. The van der Waals surface area contributed by atoms with Crippen LogP contribution in [0.25, 0.3) is 0 Å². The Balaban J connectivity index is 2.08. The molecule has 0 radical (unpaired) electrons. The average Bonchev–Trinajstić information content (AvgIpc) is 2.10. The van der Waals surface area contributed by atoms with Gasteiger partial charge in [0.25, 0.3) is 0 Å². The second kappa shape index (κ2) is 5.64. The Hall–Kier alpha value is -0.610. The first-order chi connectivity index (χ1) is 7.40. The second-order valence-corrected chi connectivity index (χ2v) is 5.21. The third-order valence-corrected chi connectivity index (χ3v) is 2.79. The van der Waals surface area contributed by atoms with E-state index in [1.165, 1.54) is 0 Å². The van der Waals surface area contributed by atoms with Gasteiger partial charge in [-0.05, 0) is 39.5 Å². The summed E-state index contributed by atoms with van der Waals surface area (Å²) in [6.45, 7) is 6.42. The van der Waals surface area contributed by atoms with Crippen molar-refractivity contribution in [3.05, 3.63) is 0 Å². The lowest BCUT2D eigenvalue weighted by Crippen LogP contribution is -2.41. The van der Waals surface area contributed by atoms with E-state index < -0.39 is 5.60 Å². The lowest BCUT2D eigenvalue weighted by atomic mass is 9.80. The zero-order chi connectivity index (χ0) is 12.2. The molecule has 1 amide bonds. The third kappa shape index (κ3) is 4.94. The van der Waals surface area contributed by atoms with Gasteiger partial charge in [-0.1, -0.05) is 0 Å². The minimum absolute atomic E-state index is 0.0297. The van der Waals surface area contributed by atoms with Gasteiger partial charge in [0.1, 0.15) is 0 Å². The average molecular weight is 229 g/mol. The van der Waals surface area contributed by atoms with Crippen LogP contribution in [0.2, 0.25) is 0 Å². The number of carbonyl (C=O) groups excluding carboxylic acids is 1. The molecule has 0 saturated heterocycles. The topological polar surface area (TPSA) is 58.6 Å². The quantitative estimate of drug-likeness (QED) is 0.716. The van der Waals surface area contributed by atoms with Crippen molar-refractivity contribution < 1.29 is 14.6 Å². The first kappa shape index (κ1) is 13.5. The van der Waals surface area contributed by atoms with Gasteiger partial charge in [-0.15, -0.1) is 0 Å². The maximum Gasteiger partial charge on any atom is 0.220 e. The van der Waals surface area contributed by atoms with Crippen molar-refractivity contribution >= 4 is 5.91 Å². The van der Waals surface area contributed by atoms with Crippen molar-refractivity contribution in [1.29, 1.82) is 0 Å². The molecule has 0 atom stereocenters. The Morgan fingerprint density at radius 2 is 2.12 bits per heavy atom. The first-order valence-electron chi connectivity index (χ1n) is 6.01. The van der Waals surface area contributed by atoms with Crippen LogP contribution in [0.5, 0.6) is 0 Å². The van der Waals surface area contributed by atoms with Crippen LogP contribution in [0.4, 0.5) is 0 Å². The van der Waals surface area contributed by atoms with Crippen LogP contribution in [0.15, 0.2) is 0 Å². The Morgan fingerprint density at radius 3 is 2.62 bits per heavy atom. The van der Waals surface area contributed by atoms with E-state index in [9.17, 15) is 9.90 Å². The van der Waals surface area contributed by atoms with Crippen molar-refractivity contribution in [3.8, 4) is 0 Å². The Labute approximate surface area is 97.4 Å². The molecule has 0 aliphatic heterocycles. The van der Waals surface area contributed by atoms with Gasteiger partial charge in [-0.3, -0.25) is 4.79 Å². The summed E-state index contributed by atoms with van der Waals surface area (Å²) in [6, 6.07) is 0. The van der Waals surface area contributed by atoms with Crippen LogP contribution in [0.3, 0.4) is 0 Å². The molecule has 94 valence electrons. The number of ether oxygens (including phenoxy) is 1. The highest BCUT2D eigenvalue weighted by molar-refractivity contribution is 5.76. The van der Waals surface area contributed by atoms with Crippen molar-refractivity contribution in [2.45, 2.75) is 51.7 Å². The van der Waals surface area contributed by atoms with E-state index in [1.54, 1.807) is 13.8 Å². The van der Waals surface area contributed by atoms with E-state index in [1.807, 2.05) is 6.92 Å². The van der Waals surface area contributed by atoms with E-state index in [0.29, 0.717) is 25.0 Å². The molecule has 0 unspecified atom stereocenters. The highest BCUT2D eigenvalue weighted by Crippen LogP contribution is 2.32. The first-order valence-corrected chi connectivity index (χ1v) is 6.01. The van der Waals surface area contributed by atoms with E-state index in [2.05, 4.69) is 5.32 Å². The van der Waals surface area contributed by atoms with Crippen LogP contribution in [-0.4, -0.2) is 35.9 Å². The van der Waals surface area contributed by atoms with E-state index >= 15 is 0 Å². The Kier molecular flexibility index (Phi) is 4.74. The molecule has 0 aromatic carbocycles. The molecule has 4 nitrogen and oxygen atoms in total. The number of nitrogens with one attached hydrogen (secondary N) is 1. The summed E-state index contributed by atoms with van der Waals surface area (Å²) in [6.07, 6.45) is 2.89. The molecular weight excluding hydrogens is 206 g/mol. The van der Waals surface area contributed by atoms with Crippen LogP contribution >= 0.6 is 0 Å². The summed E-state index contributed by atoms with van der Waals surface area (Å²) in [7, 11) is 0.